The first-order valence-electron chi connectivity index (χ1n) is 8.07. The highest BCUT2D eigenvalue weighted by Crippen LogP contribution is 2.30. The van der Waals surface area contributed by atoms with Crippen molar-refractivity contribution in [2.45, 2.75) is 71.6 Å². The molecule has 0 aromatic carbocycles. The summed E-state index contributed by atoms with van der Waals surface area (Å²) >= 11 is 0. The maximum atomic E-state index is 5.97. The molecule has 1 saturated carbocycles. The third kappa shape index (κ3) is 4.44. The Kier molecular flexibility index (Phi) is 5.27. The molecule has 3 nitrogen and oxygen atoms in total. The largest absolute Gasteiger partial charge is 0.375 e. The van der Waals surface area contributed by atoms with E-state index in [1.807, 2.05) is 0 Å². The highest BCUT2D eigenvalue weighted by molar-refractivity contribution is 4.90. The van der Waals surface area contributed by atoms with Gasteiger partial charge >= 0.3 is 0 Å². The summed E-state index contributed by atoms with van der Waals surface area (Å²) in [6.07, 6.45) is 5.85. The lowest BCUT2D eigenvalue weighted by molar-refractivity contribution is -0.0966. The molecule has 2 fully saturated rings. The normalized spacial score (nSPS) is 29.5. The van der Waals surface area contributed by atoms with Gasteiger partial charge in [0.25, 0.3) is 0 Å². The SMILES string of the molecule is CC(C)NCC(C)(C)CN1CCOC2CCCCC21. The lowest BCUT2D eigenvalue weighted by Gasteiger charge is -2.46. The van der Waals surface area contributed by atoms with E-state index in [0.29, 0.717) is 23.6 Å². The van der Waals surface area contributed by atoms with Gasteiger partial charge in [-0.25, -0.2) is 0 Å². The highest BCUT2D eigenvalue weighted by Gasteiger charge is 2.36. The van der Waals surface area contributed by atoms with Crippen LogP contribution in [-0.4, -0.2) is 49.3 Å². The number of nitrogens with zero attached hydrogens (tertiary/aromatic N) is 1. The lowest BCUT2D eigenvalue weighted by Crippen LogP contribution is -2.56. The molecular weight excluding hydrogens is 236 g/mol. The summed E-state index contributed by atoms with van der Waals surface area (Å²) in [4.78, 5) is 2.70. The Bertz CT molecular complexity index is 276. The molecule has 2 rings (SSSR count). The molecule has 1 aliphatic carbocycles. The molecular formula is C16H32N2O. The molecule has 2 atom stereocenters. The molecule has 19 heavy (non-hydrogen) atoms. The smallest absolute Gasteiger partial charge is 0.0730 e. The van der Waals surface area contributed by atoms with Crippen LogP contribution in [0.25, 0.3) is 0 Å². The Hall–Kier alpha value is -0.120. The van der Waals surface area contributed by atoms with Crippen molar-refractivity contribution >= 4 is 0 Å². The number of morpholine rings is 1. The van der Waals surface area contributed by atoms with E-state index in [1.165, 1.54) is 32.2 Å². The number of ether oxygens (including phenoxy) is 1. The van der Waals surface area contributed by atoms with E-state index in [2.05, 4.69) is 37.9 Å². The van der Waals surface area contributed by atoms with Gasteiger partial charge in [-0.05, 0) is 18.3 Å². The average molecular weight is 268 g/mol. The minimum atomic E-state index is 0.337. The van der Waals surface area contributed by atoms with Crippen molar-refractivity contribution in [2.75, 3.05) is 26.2 Å². The standard InChI is InChI=1S/C16H32N2O/c1-13(2)17-11-16(3,4)12-18-9-10-19-15-8-6-5-7-14(15)18/h13-15,17H,5-12H2,1-4H3. The number of hydrogen-bond donors (Lipinski definition) is 1. The summed E-state index contributed by atoms with van der Waals surface area (Å²) in [6.45, 7) is 13.5. The fraction of sp³-hybridized carbons (Fsp3) is 1.00. The van der Waals surface area contributed by atoms with Crippen LogP contribution in [-0.2, 0) is 4.74 Å². The molecule has 0 amide bonds. The Morgan fingerprint density at radius 2 is 2.00 bits per heavy atom. The number of hydrogen-bond acceptors (Lipinski definition) is 3. The van der Waals surface area contributed by atoms with Crippen molar-refractivity contribution in [3.63, 3.8) is 0 Å². The maximum absolute atomic E-state index is 5.97. The molecule has 0 radical (unpaired) electrons. The van der Waals surface area contributed by atoms with Crippen molar-refractivity contribution in [3.8, 4) is 0 Å². The van der Waals surface area contributed by atoms with Gasteiger partial charge in [0.2, 0.25) is 0 Å². The number of nitrogens with one attached hydrogen (secondary N) is 1. The third-order valence-corrected chi connectivity index (χ3v) is 4.47. The van der Waals surface area contributed by atoms with Gasteiger partial charge in [-0.15, -0.1) is 0 Å². The van der Waals surface area contributed by atoms with E-state index in [1.54, 1.807) is 0 Å². The minimum Gasteiger partial charge on any atom is -0.375 e. The van der Waals surface area contributed by atoms with Gasteiger partial charge in [0, 0.05) is 31.7 Å². The molecule has 2 aliphatic rings. The van der Waals surface area contributed by atoms with Crippen molar-refractivity contribution < 1.29 is 4.74 Å². The van der Waals surface area contributed by atoms with Crippen molar-refractivity contribution in [2.24, 2.45) is 5.41 Å². The number of fused-ring (bicyclic) bond motifs is 1. The van der Waals surface area contributed by atoms with Gasteiger partial charge in [-0.1, -0.05) is 40.5 Å². The quantitative estimate of drug-likeness (QED) is 0.829. The molecule has 3 heteroatoms. The van der Waals surface area contributed by atoms with E-state index >= 15 is 0 Å². The van der Waals surface area contributed by atoms with Crippen LogP contribution < -0.4 is 5.32 Å². The van der Waals surface area contributed by atoms with Crippen LogP contribution in [0.3, 0.4) is 0 Å². The second kappa shape index (κ2) is 6.55. The molecule has 0 spiro atoms. The van der Waals surface area contributed by atoms with Crippen LogP contribution in [0.5, 0.6) is 0 Å². The fourth-order valence-corrected chi connectivity index (χ4v) is 3.46. The predicted octanol–water partition coefficient (Wildman–Crippen LogP) is 2.65. The zero-order chi connectivity index (χ0) is 13.9. The Morgan fingerprint density at radius 3 is 2.74 bits per heavy atom. The van der Waals surface area contributed by atoms with E-state index < -0.39 is 0 Å². The van der Waals surface area contributed by atoms with E-state index in [9.17, 15) is 0 Å². The van der Waals surface area contributed by atoms with Gasteiger partial charge in [-0.3, -0.25) is 4.90 Å². The van der Waals surface area contributed by atoms with E-state index in [0.717, 1.165) is 19.7 Å². The van der Waals surface area contributed by atoms with Crippen LogP contribution in [0.4, 0.5) is 0 Å². The summed E-state index contributed by atoms with van der Waals surface area (Å²) in [6, 6.07) is 1.26. The van der Waals surface area contributed by atoms with Gasteiger partial charge in [0.15, 0.2) is 0 Å². The summed E-state index contributed by atoms with van der Waals surface area (Å²) < 4.78 is 5.97. The summed E-state index contributed by atoms with van der Waals surface area (Å²) in [7, 11) is 0. The van der Waals surface area contributed by atoms with Crippen molar-refractivity contribution in [1.82, 2.24) is 10.2 Å². The monoisotopic (exact) mass is 268 g/mol. The van der Waals surface area contributed by atoms with Crippen LogP contribution >= 0.6 is 0 Å². The first-order valence-corrected chi connectivity index (χ1v) is 8.07. The van der Waals surface area contributed by atoms with Crippen LogP contribution in [0.15, 0.2) is 0 Å². The summed E-state index contributed by atoms with van der Waals surface area (Å²) in [5.74, 6) is 0. The zero-order valence-electron chi connectivity index (χ0n) is 13.2. The van der Waals surface area contributed by atoms with Crippen LogP contribution in [0.2, 0.25) is 0 Å². The predicted molar refractivity (Wildman–Crippen MR) is 80.5 cm³/mol. The number of rotatable bonds is 5. The Morgan fingerprint density at radius 1 is 1.26 bits per heavy atom. The van der Waals surface area contributed by atoms with Gasteiger partial charge in [0.1, 0.15) is 0 Å². The van der Waals surface area contributed by atoms with Crippen molar-refractivity contribution in [1.29, 1.82) is 0 Å². The fourth-order valence-electron chi connectivity index (χ4n) is 3.46. The van der Waals surface area contributed by atoms with Gasteiger partial charge in [0.05, 0.1) is 12.7 Å². The average Bonchev–Trinajstić information content (AvgIpc) is 2.37. The second-order valence-corrected chi connectivity index (χ2v) is 7.43. The zero-order valence-corrected chi connectivity index (χ0v) is 13.2. The molecule has 112 valence electrons. The summed E-state index contributed by atoms with van der Waals surface area (Å²) in [5, 5.41) is 3.59. The highest BCUT2D eigenvalue weighted by atomic mass is 16.5. The van der Waals surface area contributed by atoms with Crippen LogP contribution in [0.1, 0.15) is 53.4 Å². The minimum absolute atomic E-state index is 0.337. The van der Waals surface area contributed by atoms with Gasteiger partial charge < -0.3 is 10.1 Å². The van der Waals surface area contributed by atoms with E-state index in [4.69, 9.17) is 4.74 Å². The maximum Gasteiger partial charge on any atom is 0.0730 e. The lowest BCUT2D eigenvalue weighted by atomic mass is 9.86. The Balaban J connectivity index is 1.89. The molecule has 1 heterocycles. The molecule has 1 aliphatic heterocycles. The molecule has 1 N–H and O–H groups in total. The molecule has 2 unspecified atom stereocenters. The molecule has 0 aromatic heterocycles. The Labute approximate surface area is 119 Å². The van der Waals surface area contributed by atoms with Crippen molar-refractivity contribution in [3.05, 3.63) is 0 Å². The third-order valence-electron chi connectivity index (χ3n) is 4.47. The van der Waals surface area contributed by atoms with Crippen LogP contribution in [0, 0.1) is 5.41 Å². The van der Waals surface area contributed by atoms with E-state index in [-0.39, 0.29) is 0 Å². The molecule has 1 saturated heterocycles. The molecule has 0 bridgehead atoms. The van der Waals surface area contributed by atoms with Gasteiger partial charge in [-0.2, -0.15) is 0 Å². The molecule has 0 aromatic rings. The topological polar surface area (TPSA) is 24.5 Å². The summed E-state index contributed by atoms with van der Waals surface area (Å²) in [5.41, 5.74) is 0.337. The first-order chi connectivity index (χ1) is 8.98. The second-order valence-electron chi connectivity index (χ2n) is 7.43. The first kappa shape index (κ1) is 15.3.